The van der Waals surface area contributed by atoms with Gasteiger partial charge in [-0.1, -0.05) is 6.07 Å². The molecule has 0 saturated carbocycles. The third-order valence-electron chi connectivity index (χ3n) is 3.88. The number of amides is 1. The smallest absolute Gasteiger partial charge is 0.228 e. The van der Waals surface area contributed by atoms with Gasteiger partial charge >= 0.3 is 0 Å². The summed E-state index contributed by atoms with van der Waals surface area (Å²) in [5.74, 6) is 0.186. The van der Waals surface area contributed by atoms with Crippen molar-refractivity contribution >= 4 is 11.6 Å². The summed E-state index contributed by atoms with van der Waals surface area (Å²) in [4.78, 5) is 18.9. The van der Waals surface area contributed by atoms with Gasteiger partial charge in [0.05, 0.1) is 12.1 Å². The molecule has 2 aromatic heterocycles. The van der Waals surface area contributed by atoms with Gasteiger partial charge in [0, 0.05) is 31.5 Å². The molecular formula is C15H20N4O. The standard InChI is InChI=1S/C15H20N4O/c1-16-10-13-5-4-8-19(13)15(20)9-12-11-18-7-3-2-6-14(18)17-12/h2-3,6-7,11,13,16H,4-5,8-10H2,1H3. The van der Waals surface area contributed by atoms with Crippen molar-refractivity contribution in [3.63, 3.8) is 0 Å². The first-order valence-electron chi connectivity index (χ1n) is 7.14. The Kier molecular flexibility index (Phi) is 3.69. The highest BCUT2D eigenvalue weighted by molar-refractivity contribution is 5.79. The van der Waals surface area contributed by atoms with Crippen molar-refractivity contribution in [3.8, 4) is 0 Å². The Morgan fingerprint density at radius 1 is 1.50 bits per heavy atom. The third-order valence-corrected chi connectivity index (χ3v) is 3.88. The lowest BCUT2D eigenvalue weighted by Gasteiger charge is -2.24. The molecule has 0 bridgehead atoms. The molecule has 5 heteroatoms. The van der Waals surface area contributed by atoms with E-state index in [-0.39, 0.29) is 5.91 Å². The molecule has 5 nitrogen and oxygen atoms in total. The molecule has 3 heterocycles. The maximum absolute atomic E-state index is 12.4. The maximum Gasteiger partial charge on any atom is 0.228 e. The van der Waals surface area contributed by atoms with E-state index in [1.54, 1.807) is 0 Å². The molecule has 0 aliphatic carbocycles. The number of carbonyl (C=O) groups excluding carboxylic acids is 1. The number of hydrogen-bond donors (Lipinski definition) is 1. The van der Waals surface area contributed by atoms with Crippen LogP contribution in [0, 0.1) is 0 Å². The van der Waals surface area contributed by atoms with E-state index in [1.165, 1.54) is 0 Å². The fourth-order valence-electron chi connectivity index (χ4n) is 2.94. The van der Waals surface area contributed by atoms with Gasteiger partial charge in [-0.15, -0.1) is 0 Å². The van der Waals surface area contributed by atoms with E-state index in [0.29, 0.717) is 12.5 Å². The first-order chi connectivity index (χ1) is 9.78. The molecule has 1 aliphatic heterocycles. The van der Waals surface area contributed by atoms with Gasteiger partial charge in [0.1, 0.15) is 5.65 Å². The molecule has 1 amide bonds. The number of pyridine rings is 1. The zero-order valence-electron chi connectivity index (χ0n) is 11.7. The summed E-state index contributed by atoms with van der Waals surface area (Å²) in [5.41, 5.74) is 1.74. The lowest BCUT2D eigenvalue weighted by molar-refractivity contribution is -0.131. The number of likely N-dealkylation sites (tertiary alicyclic amines) is 1. The van der Waals surface area contributed by atoms with Crippen LogP contribution in [-0.4, -0.2) is 46.4 Å². The second kappa shape index (κ2) is 5.63. The normalized spacial score (nSPS) is 18.9. The minimum absolute atomic E-state index is 0.186. The molecular weight excluding hydrogens is 252 g/mol. The second-order valence-electron chi connectivity index (χ2n) is 5.32. The monoisotopic (exact) mass is 272 g/mol. The molecule has 1 fully saturated rings. The van der Waals surface area contributed by atoms with E-state index in [0.717, 1.165) is 37.3 Å². The number of aromatic nitrogens is 2. The van der Waals surface area contributed by atoms with Crippen LogP contribution in [0.4, 0.5) is 0 Å². The van der Waals surface area contributed by atoms with E-state index in [1.807, 2.05) is 46.9 Å². The van der Waals surface area contributed by atoms with Gasteiger partial charge in [0.2, 0.25) is 5.91 Å². The van der Waals surface area contributed by atoms with Gasteiger partial charge in [-0.25, -0.2) is 4.98 Å². The largest absolute Gasteiger partial charge is 0.338 e. The highest BCUT2D eigenvalue weighted by Crippen LogP contribution is 2.18. The Balaban J connectivity index is 1.71. The highest BCUT2D eigenvalue weighted by atomic mass is 16.2. The van der Waals surface area contributed by atoms with Gasteiger partial charge in [0.25, 0.3) is 0 Å². The Labute approximate surface area is 118 Å². The van der Waals surface area contributed by atoms with E-state index in [2.05, 4.69) is 10.3 Å². The summed E-state index contributed by atoms with van der Waals surface area (Å²) in [6.07, 6.45) is 6.48. The summed E-state index contributed by atoms with van der Waals surface area (Å²) in [5, 5.41) is 3.17. The molecule has 2 aromatic rings. The first kappa shape index (κ1) is 13.1. The minimum atomic E-state index is 0.186. The number of fused-ring (bicyclic) bond motifs is 1. The molecule has 0 spiro atoms. The molecule has 1 aliphatic rings. The number of imidazole rings is 1. The minimum Gasteiger partial charge on any atom is -0.338 e. The number of likely N-dealkylation sites (N-methyl/N-ethyl adjacent to an activating group) is 1. The van der Waals surface area contributed by atoms with Gasteiger partial charge in [0.15, 0.2) is 0 Å². The number of carbonyl (C=O) groups is 1. The number of nitrogens with zero attached hydrogens (tertiary/aromatic N) is 3. The lowest BCUT2D eigenvalue weighted by atomic mass is 10.2. The second-order valence-corrected chi connectivity index (χ2v) is 5.32. The van der Waals surface area contributed by atoms with Gasteiger partial charge in [-0.2, -0.15) is 0 Å². The fourth-order valence-corrected chi connectivity index (χ4v) is 2.94. The quantitative estimate of drug-likeness (QED) is 0.906. The van der Waals surface area contributed by atoms with Crippen molar-refractivity contribution in [3.05, 3.63) is 36.3 Å². The number of nitrogens with one attached hydrogen (secondary N) is 1. The zero-order chi connectivity index (χ0) is 13.9. The van der Waals surface area contributed by atoms with Crippen LogP contribution in [-0.2, 0) is 11.2 Å². The Morgan fingerprint density at radius 3 is 3.20 bits per heavy atom. The number of hydrogen-bond acceptors (Lipinski definition) is 3. The fraction of sp³-hybridized carbons (Fsp3) is 0.467. The molecule has 0 aromatic carbocycles. The average molecular weight is 272 g/mol. The van der Waals surface area contributed by atoms with Crippen LogP contribution in [0.3, 0.4) is 0 Å². The van der Waals surface area contributed by atoms with Crippen LogP contribution >= 0.6 is 0 Å². The summed E-state index contributed by atoms with van der Waals surface area (Å²) in [6, 6.07) is 6.21. The maximum atomic E-state index is 12.4. The number of rotatable bonds is 4. The van der Waals surface area contributed by atoms with Gasteiger partial charge in [-0.3, -0.25) is 4.79 Å². The van der Waals surface area contributed by atoms with Crippen molar-refractivity contribution in [1.29, 1.82) is 0 Å². The molecule has 106 valence electrons. The van der Waals surface area contributed by atoms with Crippen LogP contribution in [0.5, 0.6) is 0 Å². The predicted octanol–water partition coefficient (Wildman–Crippen LogP) is 1.09. The Bertz CT molecular complexity index is 574. The summed E-state index contributed by atoms with van der Waals surface area (Å²) >= 11 is 0. The van der Waals surface area contributed by atoms with E-state index in [9.17, 15) is 4.79 Å². The molecule has 20 heavy (non-hydrogen) atoms. The molecule has 1 unspecified atom stereocenters. The molecule has 1 saturated heterocycles. The summed E-state index contributed by atoms with van der Waals surface area (Å²) in [7, 11) is 1.93. The van der Waals surface area contributed by atoms with Crippen molar-refractivity contribution in [2.24, 2.45) is 0 Å². The van der Waals surface area contributed by atoms with Crippen molar-refractivity contribution in [2.45, 2.75) is 25.3 Å². The van der Waals surface area contributed by atoms with Gasteiger partial charge in [-0.05, 0) is 32.0 Å². The van der Waals surface area contributed by atoms with Crippen molar-refractivity contribution in [2.75, 3.05) is 20.1 Å². The summed E-state index contributed by atoms with van der Waals surface area (Å²) < 4.78 is 1.96. The van der Waals surface area contributed by atoms with E-state index in [4.69, 9.17) is 0 Å². The topological polar surface area (TPSA) is 49.6 Å². The highest BCUT2D eigenvalue weighted by Gasteiger charge is 2.28. The van der Waals surface area contributed by atoms with Crippen LogP contribution in [0.2, 0.25) is 0 Å². The average Bonchev–Trinajstić information content (AvgIpc) is 3.04. The van der Waals surface area contributed by atoms with Crippen LogP contribution < -0.4 is 5.32 Å². The lowest BCUT2D eigenvalue weighted by Crippen LogP contribution is -2.41. The summed E-state index contributed by atoms with van der Waals surface area (Å²) in [6.45, 7) is 1.75. The Morgan fingerprint density at radius 2 is 2.40 bits per heavy atom. The predicted molar refractivity (Wildman–Crippen MR) is 77.6 cm³/mol. The van der Waals surface area contributed by atoms with Crippen molar-refractivity contribution < 1.29 is 4.79 Å². The van der Waals surface area contributed by atoms with Crippen LogP contribution in [0.1, 0.15) is 18.5 Å². The third kappa shape index (κ3) is 2.54. The van der Waals surface area contributed by atoms with E-state index < -0.39 is 0 Å². The van der Waals surface area contributed by atoms with Crippen LogP contribution in [0.15, 0.2) is 30.6 Å². The van der Waals surface area contributed by atoms with Gasteiger partial charge < -0.3 is 14.6 Å². The molecule has 1 atom stereocenters. The van der Waals surface area contributed by atoms with E-state index >= 15 is 0 Å². The first-order valence-corrected chi connectivity index (χ1v) is 7.14. The van der Waals surface area contributed by atoms with Crippen molar-refractivity contribution in [1.82, 2.24) is 19.6 Å². The zero-order valence-corrected chi connectivity index (χ0v) is 11.7. The molecule has 3 rings (SSSR count). The van der Waals surface area contributed by atoms with Crippen LogP contribution in [0.25, 0.3) is 5.65 Å². The molecule has 1 N–H and O–H groups in total. The SMILES string of the molecule is CNCC1CCCN1C(=O)Cc1cn2ccccc2n1. The molecule has 0 radical (unpaired) electrons. The Hall–Kier alpha value is -1.88.